The number of aliphatic hydroxyl groups is 1. The number of likely N-dealkylation sites (tertiary alicyclic amines) is 1. The van der Waals surface area contributed by atoms with E-state index in [0.29, 0.717) is 5.75 Å². The average molecular weight is 402 g/mol. The van der Waals surface area contributed by atoms with Gasteiger partial charge in [-0.1, -0.05) is 0 Å². The lowest BCUT2D eigenvalue weighted by Crippen LogP contribution is -2.50. The third-order valence-corrected chi connectivity index (χ3v) is 6.92. The zero-order valence-corrected chi connectivity index (χ0v) is 16.3. The van der Waals surface area contributed by atoms with Crippen LogP contribution in [-0.4, -0.2) is 57.3 Å². The molecule has 1 atom stereocenters. The number of aryl methyl sites for hydroxylation is 2. The minimum absolute atomic E-state index is 0.0353. The summed E-state index contributed by atoms with van der Waals surface area (Å²) < 4.78 is 27.3. The summed E-state index contributed by atoms with van der Waals surface area (Å²) in [5.74, 6) is -3.71. The van der Waals surface area contributed by atoms with Crippen LogP contribution in [0, 0.1) is 19.8 Å². The first-order chi connectivity index (χ1) is 12.3. The average Bonchev–Trinajstić information content (AvgIpc) is 2.89. The third kappa shape index (κ3) is 3.84. The molecule has 3 heterocycles. The Morgan fingerprint density at radius 2 is 2.23 bits per heavy atom. The third-order valence-electron chi connectivity index (χ3n) is 4.81. The second kappa shape index (κ2) is 7.74. The molecule has 0 aromatic carbocycles. The predicted octanol–water partition coefficient (Wildman–Crippen LogP) is 3.27. The molecule has 5 nitrogen and oxygen atoms in total. The first-order valence-corrected chi connectivity index (χ1v) is 10.2. The first kappa shape index (κ1) is 19.4. The van der Waals surface area contributed by atoms with Gasteiger partial charge in [0, 0.05) is 41.9 Å². The molecule has 2 aromatic rings. The van der Waals surface area contributed by atoms with E-state index >= 15 is 0 Å². The largest absolute Gasteiger partial charge is 0.396 e. The van der Waals surface area contributed by atoms with Gasteiger partial charge in [0.1, 0.15) is 16.2 Å². The van der Waals surface area contributed by atoms with E-state index in [1.807, 2.05) is 13.8 Å². The Morgan fingerprint density at radius 1 is 1.46 bits per heavy atom. The van der Waals surface area contributed by atoms with Gasteiger partial charge in [-0.3, -0.25) is 4.79 Å². The topological polar surface area (TPSA) is 66.3 Å². The van der Waals surface area contributed by atoms with Crippen molar-refractivity contribution < 1.29 is 18.7 Å². The second-order valence-electron chi connectivity index (χ2n) is 6.47. The smallest absolute Gasteiger partial charge is 0.256 e. The molecule has 1 saturated heterocycles. The van der Waals surface area contributed by atoms with Crippen molar-refractivity contribution in [2.75, 3.05) is 25.4 Å². The number of carbonyl (C=O) groups is 1. The quantitative estimate of drug-likeness (QED) is 0.615. The van der Waals surface area contributed by atoms with Crippen LogP contribution in [0.3, 0.4) is 0 Å². The number of carbonyl (C=O) groups excluding carboxylic acids is 1. The minimum atomic E-state index is -2.90. The highest BCUT2D eigenvalue weighted by atomic mass is 32.2. The Bertz CT molecular complexity index is 813. The SMILES string of the molecule is Cc1sc2ncnc(SCCC(=O)N3CCC(F)(F)C(CO)C3)c2c1C. The summed E-state index contributed by atoms with van der Waals surface area (Å²) in [4.78, 5) is 24.6. The molecule has 1 fully saturated rings. The van der Waals surface area contributed by atoms with Gasteiger partial charge < -0.3 is 10.0 Å². The van der Waals surface area contributed by atoms with Crippen molar-refractivity contribution in [3.63, 3.8) is 0 Å². The van der Waals surface area contributed by atoms with Crippen molar-refractivity contribution in [1.82, 2.24) is 14.9 Å². The van der Waals surface area contributed by atoms with Crippen molar-refractivity contribution in [3.8, 4) is 0 Å². The number of aromatic nitrogens is 2. The number of alkyl halides is 2. The number of halogens is 2. The van der Waals surface area contributed by atoms with Crippen molar-refractivity contribution in [2.45, 2.75) is 37.6 Å². The van der Waals surface area contributed by atoms with Crippen LogP contribution in [0.4, 0.5) is 8.78 Å². The molecular weight excluding hydrogens is 380 g/mol. The Balaban J connectivity index is 1.60. The first-order valence-electron chi connectivity index (χ1n) is 8.43. The summed E-state index contributed by atoms with van der Waals surface area (Å²) in [5.41, 5.74) is 1.16. The maximum absolute atomic E-state index is 13.7. The molecule has 1 unspecified atom stereocenters. The Labute approximate surface area is 158 Å². The van der Waals surface area contributed by atoms with Crippen molar-refractivity contribution in [1.29, 1.82) is 0 Å². The molecule has 1 aliphatic heterocycles. The number of nitrogens with zero attached hydrogens (tertiary/aromatic N) is 3. The lowest BCUT2D eigenvalue weighted by atomic mass is 9.94. The summed E-state index contributed by atoms with van der Waals surface area (Å²) in [6.07, 6.45) is 1.39. The molecule has 0 saturated carbocycles. The van der Waals surface area contributed by atoms with Crippen LogP contribution >= 0.6 is 23.1 Å². The van der Waals surface area contributed by atoms with Crippen LogP contribution in [0.5, 0.6) is 0 Å². The van der Waals surface area contributed by atoms with Gasteiger partial charge in [0.05, 0.1) is 12.5 Å². The molecule has 1 amide bonds. The Kier molecular flexibility index (Phi) is 5.78. The maximum Gasteiger partial charge on any atom is 0.256 e. The van der Waals surface area contributed by atoms with Crippen LogP contribution < -0.4 is 0 Å². The van der Waals surface area contributed by atoms with Crippen molar-refractivity contribution in [2.24, 2.45) is 5.92 Å². The molecule has 3 rings (SSSR count). The van der Waals surface area contributed by atoms with Crippen molar-refractivity contribution >= 4 is 39.2 Å². The zero-order valence-electron chi connectivity index (χ0n) is 14.7. The van der Waals surface area contributed by atoms with Crippen molar-refractivity contribution in [3.05, 3.63) is 16.8 Å². The monoisotopic (exact) mass is 401 g/mol. The van der Waals surface area contributed by atoms with Gasteiger partial charge in [-0.15, -0.1) is 23.1 Å². The van der Waals surface area contributed by atoms with E-state index in [-0.39, 0.29) is 25.4 Å². The molecule has 0 radical (unpaired) electrons. The maximum atomic E-state index is 13.7. The molecule has 2 aromatic heterocycles. The molecule has 142 valence electrons. The van der Waals surface area contributed by atoms with E-state index in [4.69, 9.17) is 5.11 Å². The van der Waals surface area contributed by atoms with Gasteiger partial charge in [0.25, 0.3) is 5.92 Å². The highest BCUT2D eigenvalue weighted by molar-refractivity contribution is 7.99. The van der Waals surface area contributed by atoms with E-state index in [2.05, 4.69) is 9.97 Å². The van der Waals surface area contributed by atoms with Gasteiger partial charge in [-0.25, -0.2) is 18.7 Å². The van der Waals surface area contributed by atoms with E-state index in [0.717, 1.165) is 20.8 Å². The fraction of sp³-hybridized carbons (Fsp3) is 0.588. The zero-order chi connectivity index (χ0) is 18.9. The van der Waals surface area contributed by atoms with Gasteiger partial charge in [-0.05, 0) is 19.4 Å². The van der Waals surface area contributed by atoms with Crippen LogP contribution in [0.15, 0.2) is 11.4 Å². The molecule has 1 aliphatic rings. The number of rotatable bonds is 5. The van der Waals surface area contributed by atoms with Crippen LogP contribution in [0.25, 0.3) is 10.2 Å². The van der Waals surface area contributed by atoms with Gasteiger partial charge in [-0.2, -0.15) is 0 Å². The number of amides is 1. The molecule has 0 spiro atoms. The molecule has 1 N–H and O–H groups in total. The lowest BCUT2D eigenvalue weighted by molar-refractivity contribution is -0.148. The van der Waals surface area contributed by atoms with Gasteiger partial charge in [0.2, 0.25) is 5.91 Å². The summed E-state index contributed by atoms with van der Waals surface area (Å²) in [6.45, 7) is 3.42. The standard InChI is InChI=1S/C17H21F2N3O2S2/c1-10-11(2)26-16-14(10)15(20-9-21-16)25-6-3-13(24)22-5-4-17(18,19)12(7-22)8-23/h9,12,23H,3-8H2,1-2H3. The Morgan fingerprint density at radius 3 is 2.96 bits per heavy atom. The summed E-state index contributed by atoms with van der Waals surface area (Å²) >= 11 is 3.11. The molecule has 26 heavy (non-hydrogen) atoms. The van der Waals surface area contributed by atoms with Crippen LogP contribution in [0.1, 0.15) is 23.3 Å². The normalized spacial score (nSPS) is 19.9. The molecule has 0 bridgehead atoms. The molecule has 0 aliphatic carbocycles. The fourth-order valence-corrected chi connectivity index (χ4v) is 5.10. The lowest BCUT2D eigenvalue weighted by Gasteiger charge is -2.37. The van der Waals surface area contributed by atoms with E-state index in [9.17, 15) is 13.6 Å². The van der Waals surface area contributed by atoms with Crippen LogP contribution in [-0.2, 0) is 4.79 Å². The van der Waals surface area contributed by atoms with E-state index in [1.54, 1.807) is 11.3 Å². The van der Waals surface area contributed by atoms with E-state index < -0.39 is 24.9 Å². The molecular formula is C17H21F2N3O2S2. The number of fused-ring (bicyclic) bond motifs is 1. The summed E-state index contributed by atoms with van der Waals surface area (Å²) in [7, 11) is 0. The van der Waals surface area contributed by atoms with Gasteiger partial charge in [0.15, 0.2) is 0 Å². The van der Waals surface area contributed by atoms with Gasteiger partial charge >= 0.3 is 0 Å². The minimum Gasteiger partial charge on any atom is -0.396 e. The number of hydrogen-bond acceptors (Lipinski definition) is 6. The second-order valence-corrected chi connectivity index (χ2v) is 8.76. The highest BCUT2D eigenvalue weighted by Gasteiger charge is 2.44. The highest BCUT2D eigenvalue weighted by Crippen LogP contribution is 2.35. The van der Waals surface area contributed by atoms with Crippen LogP contribution in [0.2, 0.25) is 0 Å². The number of piperidine rings is 1. The number of hydrogen-bond donors (Lipinski definition) is 1. The van der Waals surface area contributed by atoms with E-state index in [1.165, 1.54) is 27.9 Å². The Hall–Kier alpha value is -1.32. The predicted molar refractivity (Wildman–Crippen MR) is 98.9 cm³/mol. The number of thiophene rings is 1. The summed E-state index contributed by atoms with van der Waals surface area (Å²) in [5, 5.41) is 11.0. The number of aliphatic hydroxyl groups excluding tert-OH is 1. The fourth-order valence-electron chi connectivity index (χ4n) is 3.05. The summed E-state index contributed by atoms with van der Waals surface area (Å²) in [6, 6.07) is 0. The number of thioether (sulfide) groups is 1. The molecule has 9 heteroatoms.